The first-order chi connectivity index (χ1) is 15.6. The van der Waals surface area contributed by atoms with Crippen LogP contribution in [-0.4, -0.2) is 40.2 Å². The molecule has 0 spiro atoms. The zero-order valence-electron chi connectivity index (χ0n) is 17.9. The standard InChI is InChI=1S/C25H25N5O2/c1-17-7-8-19(20-9-10-30-21(13-20)15-24(26)28-30)14-22(17)27-25(31)29-11-12-32-23(16-29)18-5-3-2-4-6-18/h2-10,13-15,23H,11-12,16H2,1H3,(H2,26,28)(H,27,31)/t23-/m1/s1. The van der Waals surface area contributed by atoms with E-state index in [0.717, 1.165) is 33.5 Å². The molecule has 0 bridgehead atoms. The maximum Gasteiger partial charge on any atom is 0.322 e. The van der Waals surface area contributed by atoms with E-state index in [1.54, 1.807) is 4.52 Å². The molecule has 1 aliphatic rings. The van der Waals surface area contributed by atoms with Gasteiger partial charge in [0, 0.05) is 24.5 Å². The van der Waals surface area contributed by atoms with Crippen molar-refractivity contribution in [3.8, 4) is 11.1 Å². The minimum absolute atomic E-state index is 0.113. The van der Waals surface area contributed by atoms with Gasteiger partial charge in [0.05, 0.1) is 18.7 Å². The van der Waals surface area contributed by atoms with Crippen LogP contribution in [0.25, 0.3) is 16.6 Å². The van der Waals surface area contributed by atoms with Gasteiger partial charge in [-0.25, -0.2) is 9.31 Å². The van der Waals surface area contributed by atoms with Crippen molar-refractivity contribution in [1.82, 2.24) is 14.5 Å². The Morgan fingerprint density at radius 2 is 1.91 bits per heavy atom. The zero-order chi connectivity index (χ0) is 22.1. The Kier molecular flexibility index (Phi) is 5.25. The number of rotatable bonds is 3. The van der Waals surface area contributed by atoms with Gasteiger partial charge in [-0.3, -0.25) is 0 Å². The number of aryl methyl sites for hydroxylation is 1. The predicted molar refractivity (Wildman–Crippen MR) is 126 cm³/mol. The van der Waals surface area contributed by atoms with Gasteiger partial charge in [-0.2, -0.15) is 5.10 Å². The van der Waals surface area contributed by atoms with Crippen LogP contribution in [0.1, 0.15) is 17.2 Å². The molecule has 3 N–H and O–H groups in total. The lowest BCUT2D eigenvalue weighted by molar-refractivity contribution is -0.0135. The number of nitrogens with one attached hydrogen (secondary N) is 1. The fourth-order valence-electron chi connectivity index (χ4n) is 4.03. The summed E-state index contributed by atoms with van der Waals surface area (Å²) in [5.74, 6) is 0.485. The Labute approximate surface area is 186 Å². The summed E-state index contributed by atoms with van der Waals surface area (Å²) in [6, 6.07) is 21.8. The highest BCUT2D eigenvalue weighted by atomic mass is 16.5. The van der Waals surface area contributed by atoms with E-state index in [1.807, 2.05) is 78.7 Å². The summed E-state index contributed by atoms with van der Waals surface area (Å²) in [4.78, 5) is 14.9. The van der Waals surface area contributed by atoms with Crippen molar-refractivity contribution in [1.29, 1.82) is 0 Å². The molecule has 162 valence electrons. The first-order valence-electron chi connectivity index (χ1n) is 10.7. The molecule has 1 atom stereocenters. The molecule has 32 heavy (non-hydrogen) atoms. The molecule has 1 fully saturated rings. The largest absolute Gasteiger partial charge is 0.382 e. The summed E-state index contributed by atoms with van der Waals surface area (Å²) in [6.45, 7) is 3.59. The Morgan fingerprint density at radius 3 is 2.75 bits per heavy atom. The van der Waals surface area contributed by atoms with Crippen molar-refractivity contribution in [3.05, 3.63) is 84.1 Å². The fourth-order valence-corrected chi connectivity index (χ4v) is 4.03. The van der Waals surface area contributed by atoms with Gasteiger partial charge in [-0.15, -0.1) is 0 Å². The predicted octanol–water partition coefficient (Wildman–Crippen LogP) is 4.50. The number of carbonyl (C=O) groups is 1. The number of anilines is 2. The van der Waals surface area contributed by atoms with Crippen LogP contribution in [0, 0.1) is 6.92 Å². The summed E-state index contributed by atoms with van der Waals surface area (Å²) in [7, 11) is 0. The molecule has 5 rings (SSSR count). The average Bonchev–Trinajstić information content (AvgIpc) is 3.20. The van der Waals surface area contributed by atoms with Crippen molar-refractivity contribution in [3.63, 3.8) is 0 Å². The molecule has 7 nitrogen and oxygen atoms in total. The first-order valence-corrected chi connectivity index (χ1v) is 10.7. The third-order valence-electron chi connectivity index (χ3n) is 5.82. The number of morpholine rings is 1. The number of aromatic nitrogens is 2. The molecule has 7 heteroatoms. The highest BCUT2D eigenvalue weighted by Crippen LogP contribution is 2.28. The van der Waals surface area contributed by atoms with Crippen molar-refractivity contribution in [2.24, 2.45) is 0 Å². The number of nitrogens with two attached hydrogens (primary N) is 1. The smallest absolute Gasteiger partial charge is 0.322 e. The number of hydrogen-bond donors (Lipinski definition) is 2. The highest BCUT2D eigenvalue weighted by Gasteiger charge is 2.25. The minimum atomic E-state index is -0.117. The second kappa shape index (κ2) is 8.36. The third kappa shape index (κ3) is 4.02. The van der Waals surface area contributed by atoms with Gasteiger partial charge in [0.1, 0.15) is 11.9 Å². The van der Waals surface area contributed by atoms with E-state index in [0.29, 0.717) is 25.5 Å². The normalized spacial score (nSPS) is 16.3. The third-order valence-corrected chi connectivity index (χ3v) is 5.82. The maximum atomic E-state index is 13.1. The number of carbonyl (C=O) groups excluding carboxylic acids is 1. The number of pyridine rings is 1. The summed E-state index contributed by atoms with van der Waals surface area (Å²) in [5.41, 5.74) is 11.6. The van der Waals surface area contributed by atoms with Gasteiger partial charge in [0.2, 0.25) is 0 Å². The summed E-state index contributed by atoms with van der Waals surface area (Å²) >= 11 is 0. The zero-order valence-corrected chi connectivity index (χ0v) is 17.9. The van der Waals surface area contributed by atoms with E-state index in [2.05, 4.69) is 16.5 Å². The second-order valence-electron chi connectivity index (χ2n) is 8.03. The number of urea groups is 1. The van der Waals surface area contributed by atoms with Gasteiger partial charge in [0.25, 0.3) is 0 Å². The molecule has 0 radical (unpaired) electrons. The molecule has 2 aromatic heterocycles. The number of amides is 2. The molecular weight excluding hydrogens is 402 g/mol. The van der Waals surface area contributed by atoms with E-state index in [4.69, 9.17) is 10.5 Å². The van der Waals surface area contributed by atoms with E-state index in [9.17, 15) is 4.79 Å². The van der Waals surface area contributed by atoms with E-state index < -0.39 is 0 Å². The Bertz CT molecular complexity index is 1270. The second-order valence-corrected chi connectivity index (χ2v) is 8.03. The van der Waals surface area contributed by atoms with Crippen LogP contribution < -0.4 is 11.1 Å². The molecule has 3 heterocycles. The summed E-state index contributed by atoms with van der Waals surface area (Å²) < 4.78 is 7.64. The van der Waals surface area contributed by atoms with Crippen LogP contribution in [0.15, 0.2) is 72.9 Å². The molecule has 4 aromatic rings. The van der Waals surface area contributed by atoms with Crippen LogP contribution in [0.4, 0.5) is 16.3 Å². The Hall–Kier alpha value is -3.84. The molecule has 2 aromatic carbocycles. The van der Waals surface area contributed by atoms with Gasteiger partial charge >= 0.3 is 6.03 Å². The lowest BCUT2D eigenvalue weighted by atomic mass is 10.0. The minimum Gasteiger partial charge on any atom is -0.382 e. The number of nitrogens with zero attached hydrogens (tertiary/aromatic N) is 3. The van der Waals surface area contributed by atoms with Gasteiger partial charge in [-0.1, -0.05) is 42.5 Å². The van der Waals surface area contributed by atoms with Crippen molar-refractivity contribution in [2.75, 3.05) is 30.7 Å². The van der Waals surface area contributed by atoms with Crippen LogP contribution in [0.5, 0.6) is 0 Å². The molecule has 0 aliphatic carbocycles. The Morgan fingerprint density at radius 1 is 1.09 bits per heavy atom. The number of fused-ring (bicyclic) bond motifs is 1. The number of hydrogen-bond acceptors (Lipinski definition) is 4. The SMILES string of the molecule is Cc1ccc(-c2ccn3nc(N)cc3c2)cc1NC(=O)N1CCO[C@@H](c2ccccc2)C1. The lowest BCUT2D eigenvalue weighted by Gasteiger charge is -2.33. The van der Waals surface area contributed by atoms with Crippen molar-refractivity contribution < 1.29 is 9.53 Å². The van der Waals surface area contributed by atoms with E-state index in [-0.39, 0.29) is 12.1 Å². The van der Waals surface area contributed by atoms with Crippen LogP contribution in [0.3, 0.4) is 0 Å². The number of nitrogen functional groups attached to an aromatic ring is 1. The summed E-state index contributed by atoms with van der Waals surface area (Å²) in [6.07, 6.45) is 1.77. The highest BCUT2D eigenvalue weighted by molar-refractivity contribution is 5.91. The first kappa shape index (κ1) is 20.1. The monoisotopic (exact) mass is 427 g/mol. The molecule has 1 aliphatic heterocycles. The lowest BCUT2D eigenvalue weighted by Crippen LogP contribution is -2.44. The van der Waals surface area contributed by atoms with E-state index >= 15 is 0 Å². The maximum absolute atomic E-state index is 13.1. The van der Waals surface area contributed by atoms with Gasteiger partial charge in [-0.05, 0) is 47.4 Å². The number of benzene rings is 2. The molecule has 2 amide bonds. The average molecular weight is 428 g/mol. The number of ether oxygens (including phenoxy) is 1. The molecule has 0 saturated carbocycles. The molecule has 1 saturated heterocycles. The Balaban J connectivity index is 1.35. The molecular formula is C25H25N5O2. The van der Waals surface area contributed by atoms with Crippen LogP contribution in [0.2, 0.25) is 0 Å². The van der Waals surface area contributed by atoms with Crippen molar-refractivity contribution >= 4 is 23.1 Å². The van der Waals surface area contributed by atoms with Gasteiger partial charge < -0.3 is 20.7 Å². The van der Waals surface area contributed by atoms with Crippen molar-refractivity contribution in [2.45, 2.75) is 13.0 Å². The topological polar surface area (TPSA) is 84.9 Å². The van der Waals surface area contributed by atoms with Crippen LogP contribution >= 0.6 is 0 Å². The summed E-state index contributed by atoms with van der Waals surface area (Å²) in [5, 5.41) is 7.32. The van der Waals surface area contributed by atoms with E-state index in [1.165, 1.54) is 0 Å². The molecule has 0 unspecified atom stereocenters. The van der Waals surface area contributed by atoms with Crippen LogP contribution in [-0.2, 0) is 4.74 Å². The quantitative estimate of drug-likeness (QED) is 0.504. The van der Waals surface area contributed by atoms with Gasteiger partial charge in [0.15, 0.2) is 0 Å². The fraction of sp³-hybridized carbons (Fsp3) is 0.200.